The number of hydrogen-bond donors (Lipinski definition) is 2. The van der Waals surface area contributed by atoms with Crippen LogP contribution < -0.4 is 10.2 Å². The third-order valence-corrected chi connectivity index (χ3v) is 6.60. The molecule has 8 heteroatoms. The lowest BCUT2D eigenvalue weighted by molar-refractivity contribution is 0.160. The zero-order valence-corrected chi connectivity index (χ0v) is 18.6. The zero-order valence-electron chi connectivity index (χ0n) is 17.0. The van der Waals surface area contributed by atoms with Crippen LogP contribution >= 0.6 is 15.9 Å². The summed E-state index contributed by atoms with van der Waals surface area (Å²) in [5.74, 6) is 2.20. The average molecular weight is 464 g/mol. The van der Waals surface area contributed by atoms with Crippen molar-refractivity contribution in [3.63, 3.8) is 0 Å². The number of anilines is 1. The van der Waals surface area contributed by atoms with Crippen molar-refractivity contribution >= 4 is 21.7 Å². The maximum absolute atomic E-state index is 10.1. The molecule has 4 rings (SSSR count). The van der Waals surface area contributed by atoms with E-state index in [2.05, 4.69) is 41.3 Å². The molecule has 0 radical (unpaired) electrons. The number of aliphatic hydroxyl groups excluding tert-OH is 1. The summed E-state index contributed by atoms with van der Waals surface area (Å²) in [5, 5.41) is 18.0. The second-order valence-corrected chi connectivity index (χ2v) is 9.10. The Hall–Kier alpha value is -1.51. The lowest BCUT2D eigenvalue weighted by atomic mass is 9.89. The van der Waals surface area contributed by atoms with E-state index in [4.69, 9.17) is 4.52 Å². The minimum atomic E-state index is 0.174. The van der Waals surface area contributed by atoms with Crippen LogP contribution in [-0.4, -0.2) is 52.0 Å². The second-order valence-electron chi connectivity index (χ2n) is 8.18. The van der Waals surface area contributed by atoms with Crippen LogP contribution in [0, 0.1) is 5.92 Å². The van der Waals surface area contributed by atoms with E-state index in [1.807, 2.05) is 13.0 Å². The van der Waals surface area contributed by atoms with Gasteiger partial charge in [-0.1, -0.05) is 31.3 Å². The third kappa shape index (κ3) is 4.81. The van der Waals surface area contributed by atoms with Gasteiger partial charge in [-0.15, -0.1) is 0 Å². The summed E-state index contributed by atoms with van der Waals surface area (Å²) in [5.41, 5.74) is 0.835. The molecule has 0 bridgehead atoms. The molecule has 3 heterocycles. The van der Waals surface area contributed by atoms with Gasteiger partial charge < -0.3 is 19.8 Å². The van der Waals surface area contributed by atoms with Crippen LogP contribution in [0.4, 0.5) is 5.82 Å². The van der Waals surface area contributed by atoms with Gasteiger partial charge in [0.15, 0.2) is 5.82 Å². The van der Waals surface area contributed by atoms with Crippen molar-refractivity contribution < 1.29 is 9.63 Å². The fourth-order valence-electron chi connectivity index (χ4n) is 4.55. The van der Waals surface area contributed by atoms with Crippen LogP contribution in [0.5, 0.6) is 0 Å². The number of aliphatic hydroxyl groups is 1. The van der Waals surface area contributed by atoms with Crippen molar-refractivity contribution in [2.24, 2.45) is 5.92 Å². The summed E-state index contributed by atoms with van der Waals surface area (Å²) in [7, 11) is 0. The normalized spacial score (nSPS) is 23.5. The van der Waals surface area contributed by atoms with Crippen molar-refractivity contribution in [3.8, 4) is 11.5 Å². The number of nitrogens with zero attached hydrogens (tertiary/aromatic N) is 4. The summed E-state index contributed by atoms with van der Waals surface area (Å²) in [6, 6.07) is 2.94. The molecule has 2 fully saturated rings. The SMILES string of the molecule is CCc1noc(-c2cc(Br)cnc2N2CCC(NC3CCCCC3)C(CO)C2)n1. The molecule has 1 saturated heterocycles. The Morgan fingerprint density at radius 3 is 2.83 bits per heavy atom. The largest absolute Gasteiger partial charge is 0.396 e. The van der Waals surface area contributed by atoms with Gasteiger partial charge in [-0.25, -0.2) is 4.98 Å². The van der Waals surface area contributed by atoms with E-state index in [1.54, 1.807) is 6.20 Å². The molecular formula is C21H30BrN5O2. The standard InChI is InChI=1S/C21H30BrN5O2/c1-2-19-25-21(29-26-19)17-10-15(22)11-23-20(17)27-9-8-18(14(12-27)13-28)24-16-6-4-3-5-7-16/h10-11,14,16,18,24,28H,2-9,12-13H2,1H3. The van der Waals surface area contributed by atoms with Crippen LogP contribution in [0.15, 0.2) is 21.3 Å². The number of aryl methyl sites for hydroxylation is 1. The molecule has 29 heavy (non-hydrogen) atoms. The number of nitrogens with one attached hydrogen (secondary N) is 1. The molecule has 0 aromatic carbocycles. The van der Waals surface area contributed by atoms with Crippen molar-refractivity contribution in [1.82, 2.24) is 20.4 Å². The molecule has 0 spiro atoms. The molecule has 2 aromatic rings. The van der Waals surface area contributed by atoms with E-state index in [9.17, 15) is 5.11 Å². The second kappa shape index (κ2) is 9.53. The minimum absolute atomic E-state index is 0.174. The van der Waals surface area contributed by atoms with Gasteiger partial charge in [0.2, 0.25) is 0 Å². The maximum atomic E-state index is 10.1. The van der Waals surface area contributed by atoms with Gasteiger partial charge in [0.1, 0.15) is 5.82 Å². The van der Waals surface area contributed by atoms with Crippen LogP contribution in [0.25, 0.3) is 11.5 Å². The molecular weight excluding hydrogens is 434 g/mol. The summed E-state index contributed by atoms with van der Waals surface area (Å²) >= 11 is 3.51. The van der Waals surface area contributed by atoms with Crippen LogP contribution in [0.3, 0.4) is 0 Å². The van der Waals surface area contributed by atoms with Gasteiger partial charge >= 0.3 is 0 Å². The topological polar surface area (TPSA) is 87.3 Å². The summed E-state index contributed by atoms with van der Waals surface area (Å²) in [6.45, 7) is 3.83. The van der Waals surface area contributed by atoms with Crippen LogP contribution in [0.1, 0.15) is 51.3 Å². The molecule has 2 aromatic heterocycles. The number of hydrogen-bond acceptors (Lipinski definition) is 7. The highest BCUT2D eigenvalue weighted by Gasteiger charge is 2.32. The highest BCUT2D eigenvalue weighted by molar-refractivity contribution is 9.10. The Balaban J connectivity index is 1.52. The Morgan fingerprint density at radius 2 is 2.10 bits per heavy atom. The number of halogens is 1. The predicted octanol–water partition coefficient (Wildman–Crippen LogP) is 3.57. The van der Waals surface area contributed by atoms with E-state index >= 15 is 0 Å². The molecule has 158 valence electrons. The van der Waals surface area contributed by atoms with E-state index in [0.717, 1.165) is 41.8 Å². The molecule has 2 atom stereocenters. The molecule has 1 saturated carbocycles. The fraction of sp³-hybridized carbons (Fsp3) is 0.667. The highest BCUT2D eigenvalue weighted by Crippen LogP contribution is 2.33. The quantitative estimate of drug-likeness (QED) is 0.676. The summed E-state index contributed by atoms with van der Waals surface area (Å²) in [6.07, 6.45) is 10.0. The van der Waals surface area contributed by atoms with Gasteiger partial charge in [-0.05, 0) is 41.3 Å². The van der Waals surface area contributed by atoms with Crippen molar-refractivity contribution in [1.29, 1.82) is 0 Å². The Morgan fingerprint density at radius 1 is 1.28 bits per heavy atom. The third-order valence-electron chi connectivity index (χ3n) is 6.17. The lowest BCUT2D eigenvalue weighted by Gasteiger charge is -2.41. The Bertz CT molecular complexity index is 808. The molecule has 1 aliphatic carbocycles. The summed E-state index contributed by atoms with van der Waals surface area (Å²) in [4.78, 5) is 11.4. The lowest BCUT2D eigenvalue weighted by Crippen LogP contribution is -2.53. The molecule has 2 N–H and O–H groups in total. The first-order valence-electron chi connectivity index (χ1n) is 10.8. The Labute approximate surface area is 180 Å². The first-order chi connectivity index (χ1) is 14.2. The van der Waals surface area contributed by atoms with E-state index in [0.29, 0.717) is 23.8 Å². The van der Waals surface area contributed by atoms with Gasteiger partial charge in [-0.3, -0.25) is 0 Å². The smallest absolute Gasteiger partial charge is 0.261 e. The highest BCUT2D eigenvalue weighted by atomic mass is 79.9. The van der Waals surface area contributed by atoms with Gasteiger partial charge in [0, 0.05) is 54.8 Å². The first kappa shape index (κ1) is 20.8. The zero-order chi connectivity index (χ0) is 20.2. The number of rotatable bonds is 6. The molecule has 0 amide bonds. The summed E-state index contributed by atoms with van der Waals surface area (Å²) < 4.78 is 6.37. The van der Waals surface area contributed by atoms with Gasteiger partial charge in [-0.2, -0.15) is 4.98 Å². The van der Waals surface area contributed by atoms with Crippen LogP contribution in [-0.2, 0) is 6.42 Å². The van der Waals surface area contributed by atoms with Crippen molar-refractivity contribution in [3.05, 3.63) is 22.6 Å². The molecule has 2 unspecified atom stereocenters. The fourth-order valence-corrected chi connectivity index (χ4v) is 4.88. The monoisotopic (exact) mass is 463 g/mol. The van der Waals surface area contributed by atoms with Gasteiger partial charge in [0.25, 0.3) is 5.89 Å². The maximum Gasteiger partial charge on any atom is 0.261 e. The van der Waals surface area contributed by atoms with E-state index in [-0.39, 0.29) is 12.5 Å². The Kier molecular flexibility index (Phi) is 6.82. The number of aromatic nitrogens is 3. The van der Waals surface area contributed by atoms with Gasteiger partial charge in [0.05, 0.1) is 5.56 Å². The van der Waals surface area contributed by atoms with E-state index in [1.165, 1.54) is 32.1 Å². The van der Waals surface area contributed by atoms with Crippen molar-refractivity contribution in [2.45, 2.75) is 64.0 Å². The van der Waals surface area contributed by atoms with E-state index < -0.39 is 0 Å². The predicted molar refractivity (Wildman–Crippen MR) is 116 cm³/mol. The minimum Gasteiger partial charge on any atom is -0.396 e. The number of piperidine rings is 1. The van der Waals surface area contributed by atoms with Crippen molar-refractivity contribution in [2.75, 3.05) is 24.6 Å². The molecule has 7 nitrogen and oxygen atoms in total. The first-order valence-corrected chi connectivity index (χ1v) is 11.6. The number of pyridine rings is 1. The molecule has 2 aliphatic rings. The van der Waals surface area contributed by atoms with Crippen LogP contribution in [0.2, 0.25) is 0 Å². The average Bonchev–Trinajstić information content (AvgIpc) is 3.24. The molecule has 1 aliphatic heterocycles.